The van der Waals surface area contributed by atoms with Crippen LogP contribution in [0.25, 0.3) is 0 Å². The second-order valence-corrected chi connectivity index (χ2v) is 5.52. The monoisotopic (exact) mass is 313 g/mol. The molecule has 2 aromatic heterocycles. The van der Waals surface area contributed by atoms with E-state index >= 15 is 0 Å². The molecular formula is C16H19N5O2. The van der Waals surface area contributed by atoms with Crippen molar-refractivity contribution in [1.29, 1.82) is 0 Å². The number of morpholine rings is 1. The smallest absolute Gasteiger partial charge is 0.274 e. The molecule has 0 saturated carbocycles. The normalized spacial score (nSPS) is 18.0. The van der Waals surface area contributed by atoms with Gasteiger partial charge in [0.05, 0.1) is 18.9 Å². The van der Waals surface area contributed by atoms with E-state index in [-0.39, 0.29) is 12.0 Å². The van der Waals surface area contributed by atoms with Gasteiger partial charge in [0.2, 0.25) is 0 Å². The number of aromatic nitrogens is 4. The minimum absolute atomic E-state index is 0.0136. The number of carbonyl (C=O) groups excluding carboxylic acids is 1. The first-order valence-electron chi connectivity index (χ1n) is 7.67. The fraction of sp³-hybridized carbons (Fsp3) is 0.438. The first-order chi connectivity index (χ1) is 11.2. The van der Waals surface area contributed by atoms with Crippen molar-refractivity contribution >= 4 is 5.91 Å². The predicted octanol–water partition coefficient (Wildman–Crippen LogP) is 1.05. The van der Waals surface area contributed by atoms with Crippen LogP contribution >= 0.6 is 0 Å². The summed E-state index contributed by atoms with van der Waals surface area (Å²) in [5, 5.41) is 0. The Kier molecular flexibility index (Phi) is 4.87. The van der Waals surface area contributed by atoms with Gasteiger partial charge in [-0.2, -0.15) is 0 Å². The van der Waals surface area contributed by atoms with E-state index in [1.54, 1.807) is 17.4 Å². The Hall–Kier alpha value is -2.41. The van der Waals surface area contributed by atoms with Crippen molar-refractivity contribution < 1.29 is 9.53 Å². The molecule has 1 aliphatic heterocycles. The van der Waals surface area contributed by atoms with E-state index in [1.165, 1.54) is 12.4 Å². The van der Waals surface area contributed by atoms with Gasteiger partial charge in [0.25, 0.3) is 5.91 Å². The lowest BCUT2D eigenvalue weighted by Crippen LogP contribution is -2.46. The third-order valence-electron chi connectivity index (χ3n) is 3.79. The van der Waals surface area contributed by atoms with Gasteiger partial charge in [0, 0.05) is 36.9 Å². The molecular weight excluding hydrogens is 294 g/mol. The molecule has 0 N–H and O–H groups in total. The predicted molar refractivity (Wildman–Crippen MR) is 82.8 cm³/mol. The van der Waals surface area contributed by atoms with E-state index in [9.17, 15) is 4.79 Å². The van der Waals surface area contributed by atoms with E-state index in [1.807, 2.05) is 13.0 Å². The number of carbonyl (C=O) groups is 1. The van der Waals surface area contributed by atoms with Gasteiger partial charge in [0.1, 0.15) is 12.0 Å². The summed E-state index contributed by atoms with van der Waals surface area (Å²) in [5.41, 5.74) is 2.33. The lowest BCUT2D eigenvalue weighted by Gasteiger charge is -2.32. The van der Waals surface area contributed by atoms with Gasteiger partial charge in [-0.15, -0.1) is 0 Å². The Morgan fingerprint density at radius 2 is 2.26 bits per heavy atom. The highest BCUT2D eigenvalue weighted by Gasteiger charge is 2.25. The van der Waals surface area contributed by atoms with Gasteiger partial charge in [-0.25, -0.2) is 15.0 Å². The fourth-order valence-electron chi connectivity index (χ4n) is 2.61. The van der Waals surface area contributed by atoms with Gasteiger partial charge < -0.3 is 9.64 Å². The SMILES string of the molecule is Cc1cc(CC[C@@H]2CN(C(=O)c3cnccn3)CCO2)ncn1. The number of hydrogen-bond donors (Lipinski definition) is 0. The average molecular weight is 313 g/mol. The Bertz CT molecular complexity index is 665. The summed E-state index contributed by atoms with van der Waals surface area (Å²) in [4.78, 5) is 30.6. The minimum atomic E-state index is -0.0933. The Morgan fingerprint density at radius 1 is 1.35 bits per heavy atom. The zero-order valence-electron chi connectivity index (χ0n) is 13.1. The molecule has 7 nitrogen and oxygen atoms in total. The highest BCUT2D eigenvalue weighted by molar-refractivity contribution is 5.92. The van der Waals surface area contributed by atoms with Crippen LogP contribution in [0, 0.1) is 6.92 Å². The molecule has 23 heavy (non-hydrogen) atoms. The van der Waals surface area contributed by atoms with Gasteiger partial charge >= 0.3 is 0 Å². The van der Waals surface area contributed by atoms with E-state index in [0.717, 1.165) is 24.2 Å². The molecule has 2 aromatic rings. The summed E-state index contributed by atoms with van der Waals surface area (Å²) in [7, 11) is 0. The van der Waals surface area contributed by atoms with E-state index in [4.69, 9.17) is 4.74 Å². The third-order valence-corrected chi connectivity index (χ3v) is 3.79. The lowest BCUT2D eigenvalue weighted by atomic mass is 10.1. The van der Waals surface area contributed by atoms with Crippen molar-refractivity contribution in [2.75, 3.05) is 19.7 Å². The molecule has 0 radical (unpaired) electrons. The van der Waals surface area contributed by atoms with Crippen molar-refractivity contribution in [1.82, 2.24) is 24.8 Å². The Balaban J connectivity index is 1.57. The van der Waals surface area contributed by atoms with Crippen molar-refractivity contribution in [3.8, 4) is 0 Å². The zero-order chi connectivity index (χ0) is 16.1. The summed E-state index contributed by atoms with van der Waals surface area (Å²) in [6, 6.07) is 1.98. The molecule has 1 amide bonds. The van der Waals surface area contributed by atoms with Crippen LogP contribution in [-0.2, 0) is 11.2 Å². The fourth-order valence-corrected chi connectivity index (χ4v) is 2.61. The van der Waals surface area contributed by atoms with E-state index in [2.05, 4.69) is 19.9 Å². The molecule has 0 aromatic carbocycles. The summed E-state index contributed by atoms with van der Waals surface area (Å²) in [6.45, 7) is 3.64. The Morgan fingerprint density at radius 3 is 3.04 bits per heavy atom. The summed E-state index contributed by atoms with van der Waals surface area (Å²) in [6.07, 6.45) is 7.81. The zero-order valence-corrected chi connectivity index (χ0v) is 13.1. The van der Waals surface area contributed by atoms with Crippen LogP contribution in [0.1, 0.15) is 28.3 Å². The standard InChI is InChI=1S/C16H19N5O2/c1-12-8-13(20-11-19-12)2-3-14-10-21(6-7-23-14)16(22)15-9-17-4-5-18-15/h4-5,8-9,11,14H,2-3,6-7,10H2,1H3/t14-/m1/s1. The minimum Gasteiger partial charge on any atom is -0.375 e. The summed E-state index contributed by atoms with van der Waals surface area (Å²) >= 11 is 0. The number of hydrogen-bond acceptors (Lipinski definition) is 6. The van der Waals surface area contributed by atoms with Crippen molar-refractivity contribution in [2.24, 2.45) is 0 Å². The van der Waals surface area contributed by atoms with Crippen LogP contribution in [0.2, 0.25) is 0 Å². The first-order valence-corrected chi connectivity index (χ1v) is 7.67. The van der Waals surface area contributed by atoms with Gasteiger partial charge in [-0.05, 0) is 25.8 Å². The van der Waals surface area contributed by atoms with Gasteiger partial charge in [-0.3, -0.25) is 9.78 Å². The molecule has 3 heterocycles. The molecule has 120 valence electrons. The lowest BCUT2D eigenvalue weighted by molar-refractivity contribution is -0.0248. The van der Waals surface area contributed by atoms with Crippen LogP contribution in [0.5, 0.6) is 0 Å². The first kappa shape index (κ1) is 15.5. The second kappa shape index (κ2) is 7.23. The van der Waals surface area contributed by atoms with Crippen LogP contribution in [0.3, 0.4) is 0 Å². The largest absolute Gasteiger partial charge is 0.375 e. The molecule has 1 atom stereocenters. The highest BCUT2D eigenvalue weighted by atomic mass is 16.5. The van der Waals surface area contributed by atoms with Crippen LogP contribution < -0.4 is 0 Å². The van der Waals surface area contributed by atoms with Gasteiger partial charge in [-0.1, -0.05) is 0 Å². The molecule has 0 spiro atoms. The van der Waals surface area contributed by atoms with E-state index < -0.39 is 0 Å². The molecule has 7 heteroatoms. The van der Waals surface area contributed by atoms with Crippen LogP contribution in [0.4, 0.5) is 0 Å². The molecule has 0 aliphatic carbocycles. The average Bonchev–Trinajstić information content (AvgIpc) is 2.60. The molecule has 1 saturated heterocycles. The maximum absolute atomic E-state index is 12.4. The Labute approximate surface area is 134 Å². The number of rotatable bonds is 4. The molecule has 1 fully saturated rings. The van der Waals surface area contributed by atoms with Crippen molar-refractivity contribution in [3.05, 3.63) is 48.1 Å². The maximum atomic E-state index is 12.4. The highest BCUT2D eigenvalue weighted by Crippen LogP contribution is 2.13. The number of aryl methyl sites for hydroxylation is 2. The molecule has 1 aliphatic rings. The number of ether oxygens (including phenoxy) is 1. The summed E-state index contributed by atoms with van der Waals surface area (Å²) in [5.74, 6) is -0.0933. The maximum Gasteiger partial charge on any atom is 0.274 e. The number of nitrogens with zero attached hydrogens (tertiary/aromatic N) is 5. The second-order valence-electron chi connectivity index (χ2n) is 5.52. The molecule has 0 bridgehead atoms. The molecule has 3 rings (SSSR count). The topological polar surface area (TPSA) is 81.1 Å². The van der Waals surface area contributed by atoms with Crippen molar-refractivity contribution in [2.45, 2.75) is 25.9 Å². The van der Waals surface area contributed by atoms with Crippen LogP contribution in [-0.4, -0.2) is 56.5 Å². The van der Waals surface area contributed by atoms with Crippen molar-refractivity contribution in [3.63, 3.8) is 0 Å². The van der Waals surface area contributed by atoms with Crippen LogP contribution in [0.15, 0.2) is 31.0 Å². The number of amides is 1. The summed E-state index contributed by atoms with van der Waals surface area (Å²) < 4.78 is 5.77. The third kappa shape index (κ3) is 4.07. The van der Waals surface area contributed by atoms with E-state index in [0.29, 0.717) is 25.4 Å². The quantitative estimate of drug-likeness (QED) is 0.839. The molecule has 0 unspecified atom stereocenters. The van der Waals surface area contributed by atoms with Gasteiger partial charge in [0.15, 0.2) is 0 Å².